The quantitative estimate of drug-likeness (QED) is 0.856. The molecule has 4 rings (SSSR count). The molecule has 1 aromatic carbocycles. The highest BCUT2D eigenvalue weighted by Crippen LogP contribution is 2.33. The lowest BCUT2D eigenvalue weighted by Crippen LogP contribution is -2.30. The second-order valence-corrected chi connectivity index (χ2v) is 6.69. The number of nitrogens with one attached hydrogen (secondary N) is 1. The molecule has 0 bridgehead atoms. The number of fused-ring (bicyclic) bond motifs is 1. The minimum atomic E-state index is -0.528. The van der Waals surface area contributed by atoms with Crippen molar-refractivity contribution < 1.29 is 14.3 Å². The summed E-state index contributed by atoms with van der Waals surface area (Å²) in [7, 11) is 0. The second-order valence-electron chi connectivity index (χ2n) is 6.69. The number of piperidine rings is 1. The number of benzene rings is 1. The van der Waals surface area contributed by atoms with E-state index in [4.69, 9.17) is 4.74 Å². The smallest absolute Gasteiger partial charge is 0.339 e. The average molecular weight is 351 g/mol. The first-order valence-corrected chi connectivity index (χ1v) is 9.01. The molecule has 1 N–H and O–H groups in total. The van der Waals surface area contributed by atoms with Gasteiger partial charge < -0.3 is 15.0 Å². The Kier molecular flexibility index (Phi) is 4.56. The summed E-state index contributed by atoms with van der Waals surface area (Å²) in [6.45, 7) is 2.07. The zero-order chi connectivity index (χ0) is 17.9. The van der Waals surface area contributed by atoms with E-state index in [9.17, 15) is 9.59 Å². The fourth-order valence-electron chi connectivity index (χ4n) is 3.52. The molecule has 0 radical (unpaired) electrons. The Hall–Kier alpha value is -2.89. The number of ether oxygens (including phenoxy) is 1. The van der Waals surface area contributed by atoms with Gasteiger partial charge in [-0.1, -0.05) is 18.2 Å². The molecule has 1 saturated heterocycles. The van der Waals surface area contributed by atoms with Crippen LogP contribution in [-0.2, 0) is 9.53 Å². The first-order chi connectivity index (χ1) is 12.7. The lowest BCUT2D eigenvalue weighted by atomic mass is 10.0. The van der Waals surface area contributed by atoms with E-state index in [1.807, 2.05) is 24.3 Å². The minimum Gasteiger partial charge on any atom is -0.453 e. The van der Waals surface area contributed by atoms with Crippen LogP contribution in [0.5, 0.6) is 0 Å². The summed E-state index contributed by atoms with van der Waals surface area (Å²) < 4.78 is 5.32. The van der Waals surface area contributed by atoms with Crippen molar-refractivity contribution in [3.8, 4) is 0 Å². The van der Waals surface area contributed by atoms with Crippen LogP contribution < -0.4 is 10.2 Å². The van der Waals surface area contributed by atoms with Crippen molar-refractivity contribution in [1.29, 1.82) is 0 Å². The number of cyclic esters (lactones) is 1. The molecule has 1 aromatic heterocycles. The third-order valence-electron chi connectivity index (χ3n) is 4.86. The van der Waals surface area contributed by atoms with Crippen LogP contribution in [0.2, 0.25) is 0 Å². The van der Waals surface area contributed by atoms with Gasteiger partial charge in [0.1, 0.15) is 11.9 Å². The van der Waals surface area contributed by atoms with E-state index in [1.165, 1.54) is 19.3 Å². The average Bonchev–Trinajstić information content (AvgIpc) is 2.99. The summed E-state index contributed by atoms with van der Waals surface area (Å²) in [4.78, 5) is 30.9. The van der Waals surface area contributed by atoms with Gasteiger partial charge in [0, 0.05) is 18.7 Å². The molecule has 2 aliphatic heterocycles. The number of rotatable bonds is 4. The van der Waals surface area contributed by atoms with E-state index in [2.05, 4.69) is 15.2 Å². The summed E-state index contributed by atoms with van der Waals surface area (Å²) in [5.41, 5.74) is 1.96. The highest BCUT2D eigenvalue weighted by molar-refractivity contribution is 5.96. The number of hydrogen-bond acceptors (Lipinski definition) is 5. The molecule has 0 spiro atoms. The van der Waals surface area contributed by atoms with Crippen molar-refractivity contribution >= 4 is 23.4 Å². The monoisotopic (exact) mass is 351 g/mol. The molecule has 1 fully saturated rings. The lowest BCUT2D eigenvalue weighted by molar-refractivity contribution is -0.118. The zero-order valence-electron chi connectivity index (χ0n) is 14.5. The summed E-state index contributed by atoms with van der Waals surface area (Å²) in [6, 6.07) is 11.0. The summed E-state index contributed by atoms with van der Waals surface area (Å²) in [6.07, 6.45) is 4.91. The van der Waals surface area contributed by atoms with E-state index in [0.717, 1.165) is 24.5 Å². The third kappa shape index (κ3) is 3.40. The van der Waals surface area contributed by atoms with Crippen molar-refractivity contribution in [2.75, 3.05) is 23.3 Å². The molecule has 134 valence electrons. The topological polar surface area (TPSA) is 71.5 Å². The van der Waals surface area contributed by atoms with Crippen LogP contribution >= 0.6 is 0 Å². The molecule has 26 heavy (non-hydrogen) atoms. The molecular weight excluding hydrogens is 330 g/mol. The van der Waals surface area contributed by atoms with Gasteiger partial charge in [-0.25, -0.2) is 9.78 Å². The first-order valence-electron chi connectivity index (χ1n) is 9.01. The molecule has 0 saturated carbocycles. The minimum absolute atomic E-state index is 0.0939. The third-order valence-corrected chi connectivity index (χ3v) is 4.86. The molecular formula is C20H21N3O3. The zero-order valence-corrected chi connectivity index (χ0v) is 14.5. The van der Waals surface area contributed by atoms with Crippen LogP contribution in [0, 0.1) is 0 Å². The largest absolute Gasteiger partial charge is 0.453 e. The van der Waals surface area contributed by atoms with E-state index in [0.29, 0.717) is 11.3 Å². The Bertz CT molecular complexity index is 813. The van der Waals surface area contributed by atoms with Gasteiger partial charge in [-0.05, 0) is 37.5 Å². The number of pyridine rings is 1. The highest BCUT2D eigenvalue weighted by atomic mass is 16.5. The van der Waals surface area contributed by atoms with Crippen LogP contribution in [0.3, 0.4) is 0 Å². The molecule has 2 aliphatic rings. The molecule has 6 nitrogen and oxygen atoms in total. The van der Waals surface area contributed by atoms with Crippen molar-refractivity contribution in [3.05, 3.63) is 53.7 Å². The van der Waals surface area contributed by atoms with Crippen molar-refractivity contribution in [3.63, 3.8) is 0 Å². The molecule has 2 aromatic rings. The van der Waals surface area contributed by atoms with Crippen molar-refractivity contribution in [2.24, 2.45) is 0 Å². The normalized spacial score (nSPS) is 19.0. The maximum atomic E-state index is 12.3. The number of esters is 1. The molecule has 0 aliphatic carbocycles. The second kappa shape index (κ2) is 7.15. The summed E-state index contributed by atoms with van der Waals surface area (Å²) in [5, 5.41) is 2.83. The molecule has 1 atom stereocenters. The van der Waals surface area contributed by atoms with Crippen LogP contribution in [0.1, 0.15) is 47.7 Å². The van der Waals surface area contributed by atoms with Gasteiger partial charge in [-0.15, -0.1) is 0 Å². The number of amides is 1. The van der Waals surface area contributed by atoms with Crippen LogP contribution in [0.4, 0.5) is 11.5 Å². The number of aromatic nitrogens is 1. The van der Waals surface area contributed by atoms with E-state index in [1.54, 1.807) is 18.3 Å². The number of anilines is 2. The molecule has 3 heterocycles. The summed E-state index contributed by atoms with van der Waals surface area (Å²) >= 11 is 0. The van der Waals surface area contributed by atoms with Gasteiger partial charge >= 0.3 is 5.97 Å². The van der Waals surface area contributed by atoms with E-state index < -0.39 is 6.10 Å². The van der Waals surface area contributed by atoms with Gasteiger partial charge in [0.15, 0.2) is 0 Å². The highest BCUT2D eigenvalue weighted by Gasteiger charge is 2.32. The number of carbonyl (C=O) groups excluding carboxylic acids is 2. The fourth-order valence-corrected chi connectivity index (χ4v) is 3.52. The van der Waals surface area contributed by atoms with Crippen molar-refractivity contribution in [2.45, 2.75) is 31.8 Å². The van der Waals surface area contributed by atoms with Gasteiger partial charge in [0.2, 0.25) is 5.91 Å². The maximum absolute atomic E-state index is 12.3. The molecule has 1 amide bonds. The predicted molar refractivity (Wildman–Crippen MR) is 98.1 cm³/mol. The predicted octanol–water partition coefficient (Wildman–Crippen LogP) is 3.31. The molecule has 1 unspecified atom stereocenters. The van der Waals surface area contributed by atoms with Crippen LogP contribution in [0.15, 0.2) is 42.6 Å². The van der Waals surface area contributed by atoms with Gasteiger partial charge in [0.05, 0.1) is 23.9 Å². The SMILES string of the molecule is O=C(CC1OC(=O)c2ccccc21)Nc1ccc(N2CCCCC2)nc1. The van der Waals surface area contributed by atoms with E-state index >= 15 is 0 Å². The number of nitrogens with zero attached hydrogens (tertiary/aromatic N) is 2. The van der Waals surface area contributed by atoms with Gasteiger partial charge in [-0.2, -0.15) is 0 Å². The van der Waals surface area contributed by atoms with Crippen molar-refractivity contribution in [1.82, 2.24) is 4.98 Å². The summed E-state index contributed by atoms with van der Waals surface area (Å²) in [5.74, 6) is 0.374. The Morgan fingerprint density at radius 3 is 2.73 bits per heavy atom. The first kappa shape index (κ1) is 16.6. The Morgan fingerprint density at radius 1 is 1.15 bits per heavy atom. The Morgan fingerprint density at radius 2 is 1.96 bits per heavy atom. The molecule has 6 heteroatoms. The Labute approximate surface area is 152 Å². The fraction of sp³-hybridized carbons (Fsp3) is 0.350. The lowest BCUT2D eigenvalue weighted by Gasteiger charge is -2.27. The van der Waals surface area contributed by atoms with E-state index in [-0.39, 0.29) is 18.3 Å². The number of carbonyl (C=O) groups is 2. The van der Waals surface area contributed by atoms with Gasteiger partial charge in [-0.3, -0.25) is 4.79 Å². The standard InChI is InChI=1S/C20H21N3O3/c24-19(12-17-15-6-2-3-7-16(15)20(25)26-17)22-14-8-9-18(21-13-14)23-10-4-1-5-11-23/h2-3,6-9,13,17H,1,4-5,10-12H2,(H,22,24). The Balaban J connectivity index is 1.37. The van der Waals surface area contributed by atoms with Gasteiger partial charge in [0.25, 0.3) is 0 Å². The maximum Gasteiger partial charge on any atom is 0.339 e. The van der Waals surface area contributed by atoms with Crippen LogP contribution in [-0.4, -0.2) is 29.9 Å². The van der Waals surface area contributed by atoms with Crippen LogP contribution in [0.25, 0.3) is 0 Å². The number of hydrogen-bond donors (Lipinski definition) is 1.